The van der Waals surface area contributed by atoms with E-state index in [2.05, 4.69) is 33.3 Å². The summed E-state index contributed by atoms with van der Waals surface area (Å²) in [5.41, 5.74) is 10.5. The highest BCUT2D eigenvalue weighted by Gasteiger charge is 2.39. The zero-order chi connectivity index (χ0) is 27.0. The fourth-order valence-corrected chi connectivity index (χ4v) is 4.99. The van der Waals surface area contributed by atoms with Gasteiger partial charge in [-0.2, -0.15) is 0 Å². The molecule has 2 aliphatic rings. The van der Waals surface area contributed by atoms with E-state index in [0.29, 0.717) is 42.0 Å². The van der Waals surface area contributed by atoms with Crippen molar-refractivity contribution in [3.8, 4) is 11.3 Å². The number of nitrogens with two attached hydrogens (primary N) is 1. The molecule has 1 aliphatic heterocycles. The van der Waals surface area contributed by atoms with Gasteiger partial charge in [0.15, 0.2) is 5.67 Å². The van der Waals surface area contributed by atoms with Crippen LogP contribution in [0.5, 0.6) is 0 Å². The SMILES string of the molecule is C=C(C)C(=O)Nc1ccc(-c2c(C3=CC[C@@H](C(=O)NCC4(F)COC4)CC3)c3c(N)ncnc3n2C)cc1. The molecule has 1 aromatic carbocycles. The first-order chi connectivity index (χ1) is 18.2. The number of hydrogen-bond donors (Lipinski definition) is 3. The van der Waals surface area contributed by atoms with Crippen LogP contribution in [0.3, 0.4) is 0 Å². The van der Waals surface area contributed by atoms with Gasteiger partial charge in [0.25, 0.3) is 5.91 Å². The Balaban J connectivity index is 1.45. The van der Waals surface area contributed by atoms with E-state index < -0.39 is 5.67 Å². The van der Waals surface area contributed by atoms with Crippen LogP contribution in [-0.4, -0.2) is 51.8 Å². The summed E-state index contributed by atoms with van der Waals surface area (Å²) in [5.74, 6) is -0.224. The lowest BCUT2D eigenvalue weighted by atomic mass is 9.84. The second-order valence-corrected chi connectivity index (χ2v) is 10.1. The number of nitrogens with zero attached hydrogens (tertiary/aromatic N) is 3. The molecule has 0 radical (unpaired) electrons. The molecule has 4 N–H and O–H groups in total. The van der Waals surface area contributed by atoms with E-state index in [1.54, 1.807) is 6.92 Å². The molecule has 3 aromatic rings. The zero-order valence-electron chi connectivity index (χ0n) is 21.5. The summed E-state index contributed by atoms with van der Waals surface area (Å²) >= 11 is 0. The molecule has 1 aliphatic carbocycles. The Morgan fingerprint density at radius 2 is 2.00 bits per heavy atom. The van der Waals surface area contributed by atoms with Gasteiger partial charge in [-0.15, -0.1) is 0 Å². The summed E-state index contributed by atoms with van der Waals surface area (Å²) in [6, 6.07) is 7.55. The number of rotatable bonds is 7. The van der Waals surface area contributed by atoms with Gasteiger partial charge < -0.3 is 25.7 Å². The summed E-state index contributed by atoms with van der Waals surface area (Å²) in [5, 5.41) is 6.34. The smallest absolute Gasteiger partial charge is 0.250 e. The molecule has 2 amide bonds. The number of alkyl halides is 1. The average molecular weight is 519 g/mol. The number of nitrogen functional groups attached to an aromatic ring is 1. The molecule has 198 valence electrons. The molecular weight excluding hydrogens is 487 g/mol. The molecule has 1 fully saturated rings. The van der Waals surface area contributed by atoms with Crippen molar-refractivity contribution >= 4 is 39.9 Å². The Bertz CT molecular complexity index is 1460. The van der Waals surface area contributed by atoms with E-state index in [1.807, 2.05) is 35.9 Å². The quantitative estimate of drug-likeness (QED) is 0.409. The van der Waals surface area contributed by atoms with Crippen LogP contribution in [0.1, 0.15) is 31.7 Å². The third-order valence-electron chi connectivity index (χ3n) is 7.20. The summed E-state index contributed by atoms with van der Waals surface area (Å²) in [4.78, 5) is 33.5. The number of aromatic nitrogens is 3. The third-order valence-corrected chi connectivity index (χ3v) is 7.20. The maximum absolute atomic E-state index is 14.2. The zero-order valence-corrected chi connectivity index (χ0v) is 21.5. The number of allylic oxidation sites excluding steroid dienone is 2. The van der Waals surface area contributed by atoms with Crippen molar-refractivity contribution in [1.82, 2.24) is 19.9 Å². The Morgan fingerprint density at radius 3 is 2.61 bits per heavy atom. The molecule has 1 atom stereocenters. The number of benzene rings is 1. The van der Waals surface area contributed by atoms with E-state index in [0.717, 1.165) is 27.8 Å². The highest BCUT2D eigenvalue weighted by Crippen LogP contribution is 2.43. The van der Waals surface area contributed by atoms with Crippen molar-refractivity contribution in [2.45, 2.75) is 31.9 Å². The van der Waals surface area contributed by atoms with Gasteiger partial charge in [-0.05, 0) is 49.5 Å². The molecule has 5 rings (SSSR count). The van der Waals surface area contributed by atoms with Crippen LogP contribution in [0.2, 0.25) is 0 Å². The van der Waals surface area contributed by atoms with E-state index in [9.17, 15) is 14.0 Å². The molecule has 0 spiro atoms. The maximum atomic E-state index is 14.2. The molecule has 9 nitrogen and oxygen atoms in total. The highest BCUT2D eigenvalue weighted by atomic mass is 19.1. The van der Waals surface area contributed by atoms with Crippen molar-refractivity contribution in [2.75, 3.05) is 30.8 Å². The second-order valence-electron chi connectivity index (χ2n) is 10.1. The topological polar surface area (TPSA) is 124 Å². The number of carbonyl (C=O) groups excluding carboxylic acids is 2. The molecule has 2 aromatic heterocycles. The Hall–Kier alpha value is -4.05. The van der Waals surface area contributed by atoms with Gasteiger partial charge in [0.1, 0.15) is 17.8 Å². The van der Waals surface area contributed by atoms with Gasteiger partial charge in [0.05, 0.1) is 30.8 Å². The lowest BCUT2D eigenvalue weighted by molar-refractivity contribution is -0.138. The lowest BCUT2D eigenvalue weighted by Crippen LogP contribution is -2.54. The average Bonchev–Trinajstić information content (AvgIpc) is 3.20. The number of halogens is 1. The minimum atomic E-state index is -1.45. The van der Waals surface area contributed by atoms with Crippen molar-refractivity contribution in [3.05, 3.63) is 54.4 Å². The number of hydrogen-bond acceptors (Lipinski definition) is 6. The monoisotopic (exact) mass is 518 g/mol. The maximum Gasteiger partial charge on any atom is 0.250 e. The number of anilines is 2. The van der Waals surface area contributed by atoms with E-state index in [1.165, 1.54) is 6.33 Å². The summed E-state index contributed by atoms with van der Waals surface area (Å²) in [6.45, 7) is 5.36. The predicted octanol–water partition coefficient (Wildman–Crippen LogP) is 3.77. The molecular formula is C28H31FN6O3. The van der Waals surface area contributed by atoms with Crippen LogP contribution < -0.4 is 16.4 Å². The number of aryl methyl sites for hydroxylation is 1. The number of amides is 2. The van der Waals surface area contributed by atoms with E-state index in [4.69, 9.17) is 10.5 Å². The Labute approximate surface area is 220 Å². The minimum absolute atomic E-state index is 0.0244. The number of carbonyl (C=O) groups is 2. The van der Waals surface area contributed by atoms with Gasteiger partial charge in [-0.25, -0.2) is 14.4 Å². The Kier molecular flexibility index (Phi) is 6.75. The van der Waals surface area contributed by atoms with E-state index >= 15 is 0 Å². The number of fused-ring (bicyclic) bond motifs is 1. The fraction of sp³-hybridized carbons (Fsp3) is 0.357. The first kappa shape index (κ1) is 25.6. The molecule has 0 saturated carbocycles. The molecule has 0 bridgehead atoms. The van der Waals surface area contributed by atoms with Crippen molar-refractivity contribution in [1.29, 1.82) is 0 Å². The molecule has 10 heteroatoms. The van der Waals surface area contributed by atoms with E-state index in [-0.39, 0.29) is 37.5 Å². The van der Waals surface area contributed by atoms with Crippen molar-refractivity contribution in [2.24, 2.45) is 13.0 Å². The Morgan fingerprint density at radius 1 is 1.26 bits per heavy atom. The van der Waals surface area contributed by atoms with Gasteiger partial charge in [-0.1, -0.05) is 24.8 Å². The van der Waals surface area contributed by atoms with Crippen molar-refractivity contribution in [3.63, 3.8) is 0 Å². The lowest BCUT2D eigenvalue weighted by Gasteiger charge is -2.34. The normalized spacial score (nSPS) is 18.4. The van der Waals surface area contributed by atoms with Crippen LogP contribution in [-0.2, 0) is 21.4 Å². The molecule has 0 unspecified atom stereocenters. The molecule has 1 saturated heterocycles. The summed E-state index contributed by atoms with van der Waals surface area (Å²) < 4.78 is 21.1. The second kappa shape index (κ2) is 10.0. The molecule has 3 heterocycles. The fourth-order valence-electron chi connectivity index (χ4n) is 4.99. The van der Waals surface area contributed by atoms with Crippen LogP contribution in [0.15, 0.2) is 48.8 Å². The standard InChI is InChI=1S/C28H31FN6O3/c1-16(2)26(36)34-20-10-8-18(9-11-20)23-21(22-24(30)32-15-33-25(22)35(23)3)17-4-6-19(7-5-17)27(37)31-12-28(29)13-38-14-28/h4,8-11,15,19H,1,5-7,12-14H2,2-3H3,(H,31,37)(H,34,36)(H2,30,32,33)/t19-/m1/s1. The van der Waals surface area contributed by atoms with Crippen molar-refractivity contribution < 1.29 is 18.7 Å². The minimum Gasteiger partial charge on any atom is -0.383 e. The van der Waals surface area contributed by atoms with Gasteiger partial charge in [0.2, 0.25) is 5.91 Å². The van der Waals surface area contributed by atoms with Crippen LogP contribution >= 0.6 is 0 Å². The number of ether oxygens (including phenoxy) is 1. The largest absolute Gasteiger partial charge is 0.383 e. The van der Waals surface area contributed by atoms with Gasteiger partial charge in [0, 0.05) is 29.8 Å². The molecule has 38 heavy (non-hydrogen) atoms. The van der Waals surface area contributed by atoms with Gasteiger partial charge >= 0.3 is 0 Å². The third kappa shape index (κ3) is 4.79. The van der Waals surface area contributed by atoms with Crippen LogP contribution in [0.4, 0.5) is 15.9 Å². The first-order valence-corrected chi connectivity index (χ1v) is 12.6. The first-order valence-electron chi connectivity index (χ1n) is 12.6. The van der Waals surface area contributed by atoms with Crippen LogP contribution in [0.25, 0.3) is 27.9 Å². The van der Waals surface area contributed by atoms with Gasteiger partial charge in [-0.3, -0.25) is 9.59 Å². The predicted molar refractivity (Wildman–Crippen MR) is 145 cm³/mol. The highest BCUT2D eigenvalue weighted by molar-refractivity contribution is 6.05. The summed E-state index contributed by atoms with van der Waals surface area (Å²) in [6.07, 6.45) is 5.32. The summed E-state index contributed by atoms with van der Waals surface area (Å²) in [7, 11) is 1.93. The van der Waals surface area contributed by atoms with Crippen LogP contribution in [0, 0.1) is 5.92 Å². The number of nitrogens with one attached hydrogen (secondary N) is 2.